The highest BCUT2D eigenvalue weighted by atomic mass is 16.6. The summed E-state index contributed by atoms with van der Waals surface area (Å²) in [6.07, 6.45) is 2.84. The van der Waals surface area contributed by atoms with Gasteiger partial charge in [0, 0.05) is 13.5 Å². The van der Waals surface area contributed by atoms with Crippen molar-refractivity contribution in [2.75, 3.05) is 5.32 Å². The third kappa shape index (κ3) is 3.21. The summed E-state index contributed by atoms with van der Waals surface area (Å²) in [6.45, 7) is 0.194. The Labute approximate surface area is 118 Å². The summed E-state index contributed by atoms with van der Waals surface area (Å²) in [5.74, 6) is -0.295. The Morgan fingerprint density at radius 1 is 1.62 bits per heavy atom. The van der Waals surface area contributed by atoms with E-state index in [2.05, 4.69) is 15.5 Å². The summed E-state index contributed by atoms with van der Waals surface area (Å²) in [6, 6.07) is 3.18. The number of carbonyl (C=O) groups excluding carboxylic acids is 1. The van der Waals surface area contributed by atoms with Gasteiger partial charge in [0.15, 0.2) is 0 Å². The topological polar surface area (TPSA) is 132 Å². The molecule has 0 unspecified atom stereocenters. The number of nitrogens with zero attached hydrogens (tertiary/aromatic N) is 6. The summed E-state index contributed by atoms with van der Waals surface area (Å²) in [5, 5.41) is 29.5. The van der Waals surface area contributed by atoms with E-state index in [1.807, 2.05) is 6.07 Å². The number of hydrogen-bond acceptors (Lipinski definition) is 6. The van der Waals surface area contributed by atoms with Gasteiger partial charge in [-0.05, 0) is 4.92 Å². The number of aryl methyl sites for hydroxylation is 2. The minimum absolute atomic E-state index is 0.0644. The molecule has 0 aliphatic rings. The molecule has 2 heterocycles. The first-order valence-electron chi connectivity index (χ1n) is 5.91. The fourth-order valence-corrected chi connectivity index (χ4v) is 1.65. The molecule has 1 N–H and O–H groups in total. The molecule has 0 aliphatic carbocycles. The van der Waals surface area contributed by atoms with Crippen LogP contribution < -0.4 is 5.32 Å². The first kappa shape index (κ1) is 14.2. The van der Waals surface area contributed by atoms with Gasteiger partial charge in [0.05, 0.1) is 30.1 Å². The molecule has 0 aliphatic heterocycles. The van der Waals surface area contributed by atoms with E-state index in [1.54, 1.807) is 7.05 Å². The maximum atomic E-state index is 11.8. The van der Waals surface area contributed by atoms with Crippen molar-refractivity contribution in [3.63, 3.8) is 0 Å². The Balaban J connectivity index is 1.94. The molecule has 0 radical (unpaired) electrons. The molecule has 0 fully saturated rings. The zero-order valence-electron chi connectivity index (χ0n) is 11.1. The van der Waals surface area contributed by atoms with E-state index in [0.717, 1.165) is 0 Å². The first-order chi connectivity index (χ1) is 10.0. The third-order valence-corrected chi connectivity index (χ3v) is 2.70. The Bertz CT molecular complexity index is 724. The lowest BCUT2D eigenvalue weighted by atomic mass is 10.3. The summed E-state index contributed by atoms with van der Waals surface area (Å²) < 4.78 is 2.70. The molecule has 0 spiro atoms. The van der Waals surface area contributed by atoms with E-state index in [9.17, 15) is 14.9 Å². The number of hydrogen-bond donors (Lipinski definition) is 1. The predicted molar refractivity (Wildman–Crippen MR) is 70.1 cm³/mol. The predicted octanol–water partition coefficient (Wildman–Crippen LogP) is 0.425. The van der Waals surface area contributed by atoms with Crippen LogP contribution in [0.4, 0.5) is 11.6 Å². The second-order valence-electron chi connectivity index (χ2n) is 4.13. The quantitative estimate of drug-likeness (QED) is 0.626. The number of rotatable bonds is 5. The molecule has 0 saturated carbocycles. The van der Waals surface area contributed by atoms with E-state index in [4.69, 9.17) is 5.26 Å². The van der Waals surface area contributed by atoms with E-state index in [-0.39, 0.29) is 30.3 Å². The molecule has 0 saturated heterocycles. The molecule has 10 heteroatoms. The van der Waals surface area contributed by atoms with E-state index >= 15 is 0 Å². The monoisotopic (exact) mass is 289 g/mol. The Morgan fingerprint density at radius 2 is 2.38 bits per heavy atom. The van der Waals surface area contributed by atoms with Crippen LogP contribution in [-0.2, 0) is 18.4 Å². The van der Waals surface area contributed by atoms with Crippen LogP contribution in [0.1, 0.15) is 12.0 Å². The molecule has 2 aromatic rings. The molecule has 1 amide bonds. The fraction of sp³-hybridized carbons (Fsp3) is 0.273. The SMILES string of the molecule is Cn1ncc(C#N)c1NC(=O)CCn1ccc([N+](=O)[O-])n1. The standard InChI is InChI=1S/C11H11N7O3/c1-16-11(8(6-12)7-13-16)14-10(19)3-5-17-4-2-9(15-17)18(20)21/h2,4,7H,3,5H2,1H3,(H,14,19). The van der Waals surface area contributed by atoms with Gasteiger partial charge >= 0.3 is 5.82 Å². The average molecular weight is 289 g/mol. The van der Waals surface area contributed by atoms with Crippen molar-refractivity contribution < 1.29 is 9.72 Å². The van der Waals surface area contributed by atoms with Crippen LogP contribution in [0.2, 0.25) is 0 Å². The van der Waals surface area contributed by atoms with Crippen LogP contribution in [0, 0.1) is 21.4 Å². The van der Waals surface area contributed by atoms with Crippen molar-refractivity contribution in [1.82, 2.24) is 19.6 Å². The largest absolute Gasteiger partial charge is 0.389 e. The molecule has 21 heavy (non-hydrogen) atoms. The molecule has 0 aromatic carbocycles. The molecule has 0 bridgehead atoms. The molecule has 2 rings (SSSR count). The minimum Gasteiger partial charge on any atom is -0.358 e. The van der Waals surface area contributed by atoms with Crippen LogP contribution in [0.5, 0.6) is 0 Å². The van der Waals surface area contributed by atoms with Gasteiger partial charge in [-0.15, -0.1) is 0 Å². The number of amides is 1. The smallest absolute Gasteiger partial charge is 0.358 e. The lowest BCUT2D eigenvalue weighted by Crippen LogP contribution is -2.17. The van der Waals surface area contributed by atoms with E-state index in [1.165, 1.54) is 27.8 Å². The van der Waals surface area contributed by atoms with Gasteiger partial charge < -0.3 is 15.4 Å². The van der Waals surface area contributed by atoms with Gasteiger partial charge in [-0.2, -0.15) is 15.0 Å². The highest BCUT2D eigenvalue weighted by Crippen LogP contribution is 2.13. The van der Waals surface area contributed by atoms with E-state index in [0.29, 0.717) is 5.82 Å². The van der Waals surface area contributed by atoms with Crippen LogP contribution >= 0.6 is 0 Å². The van der Waals surface area contributed by atoms with Crippen molar-refractivity contribution in [2.45, 2.75) is 13.0 Å². The van der Waals surface area contributed by atoms with Crippen molar-refractivity contribution in [3.8, 4) is 6.07 Å². The van der Waals surface area contributed by atoms with Crippen molar-refractivity contribution >= 4 is 17.5 Å². The van der Waals surface area contributed by atoms with Crippen LogP contribution in [0.25, 0.3) is 0 Å². The zero-order valence-corrected chi connectivity index (χ0v) is 11.1. The highest BCUT2D eigenvalue weighted by molar-refractivity contribution is 5.90. The van der Waals surface area contributed by atoms with Gasteiger partial charge in [-0.1, -0.05) is 0 Å². The summed E-state index contributed by atoms with van der Waals surface area (Å²) >= 11 is 0. The average Bonchev–Trinajstić information content (AvgIpc) is 3.05. The molecular weight excluding hydrogens is 278 g/mol. The molecule has 2 aromatic heterocycles. The van der Waals surface area contributed by atoms with Gasteiger partial charge in [0.25, 0.3) is 0 Å². The van der Waals surface area contributed by atoms with Crippen LogP contribution in [0.3, 0.4) is 0 Å². The Morgan fingerprint density at radius 3 is 3.00 bits per heavy atom. The number of aromatic nitrogens is 4. The van der Waals surface area contributed by atoms with Gasteiger partial charge in [-0.3, -0.25) is 9.48 Å². The number of nitro groups is 1. The van der Waals surface area contributed by atoms with Crippen molar-refractivity contribution in [1.29, 1.82) is 5.26 Å². The highest BCUT2D eigenvalue weighted by Gasteiger charge is 2.14. The van der Waals surface area contributed by atoms with Crippen LogP contribution in [-0.4, -0.2) is 30.4 Å². The zero-order chi connectivity index (χ0) is 15.4. The molecule has 108 valence electrons. The fourth-order valence-electron chi connectivity index (χ4n) is 1.65. The van der Waals surface area contributed by atoms with Crippen molar-refractivity contribution in [3.05, 3.63) is 34.1 Å². The number of nitriles is 1. The summed E-state index contributed by atoms with van der Waals surface area (Å²) in [4.78, 5) is 21.7. The lowest BCUT2D eigenvalue weighted by Gasteiger charge is -2.05. The van der Waals surface area contributed by atoms with Gasteiger partial charge in [0.2, 0.25) is 5.91 Å². The van der Waals surface area contributed by atoms with Crippen LogP contribution in [0.15, 0.2) is 18.5 Å². The maximum absolute atomic E-state index is 11.8. The second-order valence-corrected chi connectivity index (χ2v) is 4.13. The summed E-state index contributed by atoms with van der Waals surface area (Å²) in [5.41, 5.74) is 0.264. The maximum Gasteiger partial charge on any atom is 0.389 e. The van der Waals surface area contributed by atoms with E-state index < -0.39 is 4.92 Å². The van der Waals surface area contributed by atoms with Gasteiger partial charge in [-0.25, -0.2) is 0 Å². The number of anilines is 1. The van der Waals surface area contributed by atoms with Crippen molar-refractivity contribution in [2.24, 2.45) is 7.05 Å². The first-order valence-corrected chi connectivity index (χ1v) is 5.91. The molecular formula is C11H11N7O3. The minimum atomic E-state index is -0.606. The molecule has 0 atom stereocenters. The third-order valence-electron chi connectivity index (χ3n) is 2.70. The summed E-state index contributed by atoms with van der Waals surface area (Å²) in [7, 11) is 1.60. The Kier molecular flexibility index (Phi) is 3.94. The number of carbonyl (C=O) groups is 1. The lowest BCUT2D eigenvalue weighted by molar-refractivity contribution is -0.389. The number of nitrogens with one attached hydrogen (secondary N) is 1. The molecule has 10 nitrogen and oxygen atoms in total. The Hall–Kier alpha value is -3.22. The second kappa shape index (κ2) is 5.83. The van der Waals surface area contributed by atoms with Gasteiger partial charge in [0.1, 0.15) is 17.5 Å². The normalized spacial score (nSPS) is 10.1.